The van der Waals surface area contributed by atoms with E-state index >= 15 is 0 Å². The molecule has 1 aromatic heterocycles. The quantitative estimate of drug-likeness (QED) is 0.835. The van der Waals surface area contributed by atoms with Crippen LogP contribution in [0, 0.1) is 5.92 Å². The molecule has 1 aliphatic heterocycles. The molecule has 2 rings (SSSR count). The number of nitrogens with zero attached hydrogens (tertiary/aromatic N) is 3. The average Bonchev–Trinajstić information content (AvgIpc) is 2.40. The van der Waals surface area contributed by atoms with Gasteiger partial charge in [-0.25, -0.2) is 9.48 Å². The first kappa shape index (κ1) is 14.3. The van der Waals surface area contributed by atoms with Crippen LogP contribution in [-0.2, 0) is 11.3 Å². The number of rotatable bonds is 4. The van der Waals surface area contributed by atoms with E-state index in [1.807, 2.05) is 0 Å². The highest BCUT2D eigenvalue weighted by Gasteiger charge is 2.17. The van der Waals surface area contributed by atoms with Gasteiger partial charge in [-0.05, 0) is 18.8 Å². The maximum Gasteiger partial charge on any atom is 0.328 e. The molecule has 1 aromatic rings. The van der Waals surface area contributed by atoms with Crippen molar-refractivity contribution in [2.45, 2.75) is 26.3 Å². The van der Waals surface area contributed by atoms with Gasteiger partial charge in [0.25, 0.3) is 5.56 Å². The molecule has 0 saturated carbocycles. The Kier molecular flexibility index (Phi) is 4.55. The zero-order valence-corrected chi connectivity index (χ0v) is 11.5. The number of carboxylic acid groups (broad SMARTS) is 1. The number of hydrogen-bond acceptors (Lipinski definition) is 4. The second kappa shape index (κ2) is 6.36. The normalized spacial score (nSPS) is 19.4. The number of allylic oxidation sites excluding steroid dienone is 1. The third-order valence-electron chi connectivity index (χ3n) is 3.42. The summed E-state index contributed by atoms with van der Waals surface area (Å²) in [6.07, 6.45) is 6.44. The molecular weight excluding hydrogens is 258 g/mol. The first-order valence-corrected chi connectivity index (χ1v) is 6.78. The molecule has 0 bridgehead atoms. The van der Waals surface area contributed by atoms with Crippen LogP contribution in [0.4, 0.5) is 5.69 Å². The van der Waals surface area contributed by atoms with E-state index in [0.29, 0.717) is 5.92 Å². The molecule has 0 aromatic carbocycles. The second-order valence-corrected chi connectivity index (χ2v) is 5.17. The molecule has 20 heavy (non-hydrogen) atoms. The monoisotopic (exact) mass is 277 g/mol. The van der Waals surface area contributed by atoms with Crippen molar-refractivity contribution in [3.05, 3.63) is 34.8 Å². The Balaban J connectivity index is 2.09. The third-order valence-corrected chi connectivity index (χ3v) is 3.42. The molecule has 2 heterocycles. The smallest absolute Gasteiger partial charge is 0.328 e. The Hall–Kier alpha value is -2.11. The van der Waals surface area contributed by atoms with Crippen LogP contribution in [0.5, 0.6) is 0 Å². The third kappa shape index (κ3) is 3.69. The molecule has 0 spiro atoms. The molecule has 1 atom stereocenters. The van der Waals surface area contributed by atoms with Crippen LogP contribution in [0.3, 0.4) is 0 Å². The van der Waals surface area contributed by atoms with E-state index < -0.39 is 5.97 Å². The second-order valence-electron chi connectivity index (χ2n) is 5.17. The molecule has 1 fully saturated rings. The number of hydrogen-bond donors (Lipinski definition) is 1. The molecule has 1 saturated heterocycles. The molecule has 1 N–H and O–H groups in total. The summed E-state index contributed by atoms with van der Waals surface area (Å²) >= 11 is 0. The molecular formula is C14H19N3O3. The van der Waals surface area contributed by atoms with Gasteiger partial charge in [-0.1, -0.05) is 13.0 Å². The van der Waals surface area contributed by atoms with Crippen molar-refractivity contribution in [1.29, 1.82) is 0 Å². The van der Waals surface area contributed by atoms with Gasteiger partial charge in [0.2, 0.25) is 0 Å². The fraction of sp³-hybridized carbons (Fsp3) is 0.500. The molecule has 1 aliphatic rings. The van der Waals surface area contributed by atoms with Gasteiger partial charge >= 0.3 is 5.97 Å². The summed E-state index contributed by atoms with van der Waals surface area (Å²) < 4.78 is 1.25. The van der Waals surface area contributed by atoms with Crippen LogP contribution in [0.25, 0.3) is 0 Å². The Labute approximate surface area is 117 Å². The Bertz CT molecular complexity index is 565. The van der Waals surface area contributed by atoms with E-state index in [1.54, 1.807) is 12.3 Å². The van der Waals surface area contributed by atoms with Crippen molar-refractivity contribution in [3.8, 4) is 0 Å². The van der Waals surface area contributed by atoms with Crippen molar-refractivity contribution < 1.29 is 9.90 Å². The number of aromatic nitrogens is 2. The van der Waals surface area contributed by atoms with E-state index in [2.05, 4.69) is 16.9 Å². The predicted octanol–water partition coefficient (Wildman–Crippen LogP) is 1.12. The average molecular weight is 277 g/mol. The van der Waals surface area contributed by atoms with Gasteiger partial charge in [0, 0.05) is 25.2 Å². The van der Waals surface area contributed by atoms with Gasteiger partial charge in [0.05, 0.1) is 18.4 Å². The lowest BCUT2D eigenvalue weighted by Crippen LogP contribution is -2.35. The predicted molar refractivity (Wildman–Crippen MR) is 75.9 cm³/mol. The van der Waals surface area contributed by atoms with E-state index in [9.17, 15) is 9.59 Å². The molecule has 1 unspecified atom stereocenters. The fourth-order valence-corrected chi connectivity index (χ4v) is 2.41. The summed E-state index contributed by atoms with van der Waals surface area (Å²) in [4.78, 5) is 24.5. The zero-order chi connectivity index (χ0) is 14.5. The highest BCUT2D eigenvalue weighted by Crippen LogP contribution is 2.20. The lowest BCUT2D eigenvalue weighted by atomic mass is 10.00. The van der Waals surface area contributed by atoms with Gasteiger partial charge in [0.1, 0.15) is 0 Å². The first-order valence-electron chi connectivity index (χ1n) is 6.78. The maximum absolute atomic E-state index is 11.9. The molecule has 0 amide bonds. The number of aliphatic carboxylic acids is 1. The van der Waals surface area contributed by atoms with Gasteiger partial charge in [-0.15, -0.1) is 0 Å². The van der Waals surface area contributed by atoms with Gasteiger partial charge in [-0.2, -0.15) is 5.10 Å². The highest BCUT2D eigenvalue weighted by atomic mass is 16.4. The molecule has 108 valence electrons. The summed E-state index contributed by atoms with van der Waals surface area (Å²) in [5.74, 6) is -0.401. The Morgan fingerprint density at radius 1 is 1.60 bits per heavy atom. The molecule has 6 nitrogen and oxygen atoms in total. The first-order chi connectivity index (χ1) is 9.56. The zero-order valence-electron chi connectivity index (χ0n) is 11.5. The van der Waals surface area contributed by atoms with Gasteiger partial charge in [0.15, 0.2) is 0 Å². The summed E-state index contributed by atoms with van der Waals surface area (Å²) in [6, 6.07) is 1.57. The van der Waals surface area contributed by atoms with E-state index in [-0.39, 0.29) is 12.1 Å². The number of anilines is 1. The van der Waals surface area contributed by atoms with Crippen molar-refractivity contribution >= 4 is 11.7 Å². The lowest BCUT2D eigenvalue weighted by Gasteiger charge is -2.32. The van der Waals surface area contributed by atoms with Crippen molar-refractivity contribution in [3.63, 3.8) is 0 Å². The molecule has 0 radical (unpaired) electrons. The van der Waals surface area contributed by atoms with Crippen LogP contribution in [0.1, 0.15) is 19.8 Å². The van der Waals surface area contributed by atoms with Crippen molar-refractivity contribution in [2.24, 2.45) is 5.92 Å². The minimum absolute atomic E-state index is 0.168. The van der Waals surface area contributed by atoms with Crippen LogP contribution in [-0.4, -0.2) is 33.9 Å². The van der Waals surface area contributed by atoms with E-state index in [1.165, 1.54) is 17.2 Å². The van der Waals surface area contributed by atoms with Crippen molar-refractivity contribution in [1.82, 2.24) is 9.78 Å². The highest BCUT2D eigenvalue weighted by molar-refractivity contribution is 5.79. The fourth-order valence-electron chi connectivity index (χ4n) is 2.41. The number of piperidine rings is 1. The Morgan fingerprint density at radius 3 is 3.05 bits per heavy atom. The van der Waals surface area contributed by atoms with Gasteiger partial charge in [-0.3, -0.25) is 4.79 Å². The van der Waals surface area contributed by atoms with E-state index in [0.717, 1.165) is 31.3 Å². The van der Waals surface area contributed by atoms with Crippen LogP contribution in [0.15, 0.2) is 29.2 Å². The summed E-state index contributed by atoms with van der Waals surface area (Å²) in [6.45, 7) is 4.28. The number of carboxylic acids is 1. The van der Waals surface area contributed by atoms with Gasteiger partial charge < -0.3 is 10.0 Å². The van der Waals surface area contributed by atoms with E-state index in [4.69, 9.17) is 5.11 Å². The molecule has 0 aliphatic carbocycles. The van der Waals surface area contributed by atoms with Crippen LogP contribution < -0.4 is 10.5 Å². The molecule has 6 heteroatoms. The van der Waals surface area contributed by atoms with Crippen LogP contribution in [0.2, 0.25) is 0 Å². The summed E-state index contributed by atoms with van der Waals surface area (Å²) in [5, 5.41) is 12.6. The standard InChI is InChI=1S/C14H19N3O3/c1-11-4-2-6-16(10-11)12-8-13(18)17(15-9-12)7-3-5-14(19)20/h3,5,8-9,11H,2,4,6-7,10H2,1H3,(H,19,20)/b5-3+. The van der Waals surface area contributed by atoms with Crippen LogP contribution >= 0.6 is 0 Å². The SMILES string of the molecule is CC1CCCN(c2cnn(C/C=C/C(=O)O)c(=O)c2)C1. The minimum Gasteiger partial charge on any atom is -0.478 e. The maximum atomic E-state index is 11.9. The topological polar surface area (TPSA) is 75.4 Å². The summed E-state index contributed by atoms with van der Waals surface area (Å²) in [5.41, 5.74) is 0.635. The largest absolute Gasteiger partial charge is 0.478 e. The summed E-state index contributed by atoms with van der Waals surface area (Å²) in [7, 11) is 0. The van der Waals surface area contributed by atoms with Crippen molar-refractivity contribution in [2.75, 3.05) is 18.0 Å². The Morgan fingerprint density at radius 2 is 2.40 bits per heavy atom. The lowest BCUT2D eigenvalue weighted by molar-refractivity contribution is -0.131. The minimum atomic E-state index is -1.03. The number of carbonyl (C=O) groups is 1.